The zero-order chi connectivity index (χ0) is 20.7. The Labute approximate surface area is 167 Å². The smallest absolute Gasteiger partial charge is 0.380 e. The highest BCUT2D eigenvalue weighted by atomic mass is 19.4. The van der Waals surface area contributed by atoms with E-state index >= 15 is 0 Å². The molecule has 156 valence electrons. The molecule has 8 heteroatoms. The van der Waals surface area contributed by atoms with Crippen molar-refractivity contribution >= 4 is 17.4 Å². The van der Waals surface area contributed by atoms with Crippen LogP contribution in [0.3, 0.4) is 0 Å². The molecular weight excluding hydrogens is 383 g/mol. The molecule has 0 bridgehead atoms. The summed E-state index contributed by atoms with van der Waals surface area (Å²) in [4.78, 5) is 12.0. The van der Waals surface area contributed by atoms with Crippen molar-refractivity contribution in [2.24, 2.45) is 0 Å². The Morgan fingerprint density at radius 1 is 1.00 bits per heavy atom. The topological polar surface area (TPSA) is 62.4 Å². The van der Waals surface area contributed by atoms with Crippen molar-refractivity contribution in [3.8, 4) is 0 Å². The number of hydrogen-bond donors (Lipinski definition) is 3. The average molecular weight is 407 g/mol. The molecule has 0 unspecified atom stereocenters. The summed E-state index contributed by atoms with van der Waals surface area (Å²) in [6.07, 6.45) is -1.39. The molecule has 0 saturated carbocycles. The van der Waals surface area contributed by atoms with Crippen LogP contribution in [0.15, 0.2) is 48.5 Å². The van der Waals surface area contributed by atoms with Crippen LogP contribution in [0, 0.1) is 0 Å². The van der Waals surface area contributed by atoms with Crippen LogP contribution in [0.5, 0.6) is 0 Å². The minimum absolute atomic E-state index is 0.285. The zero-order valence-corrected chi connectivity index (χ0v) is 15.9. The van der Waals surface area contributed by atoms with Crippen molar-refractivity contribution < 1.29 is 22.7 Å². The number of halogens is 3. The Balaban J connectivity index is 1.41. The van der Waals surface area contributed by atoms with Gasteiger partial charge in [-0.25, -0.2) is 4.79 Å². The number of hydrogen-bond acceptors (Lipinski definition) is 3. The maximum Gasteiger partial charge on any atom is 0.416 e. The third-order valence-corrected chi connectivity index (χ3v) is 4.69. The molecule has 29 heavy (non-hydrogen) atoms. The number of amides is 2. The van der Waals surface area contributed by atoms with Crippen LogP contribution in [0.1, 0.15) is 24.0 Å². The number of urea groups is 1. The summed E-state index contributed by atoms with van der Waals surface area (Å²) in [6, 6.07) is 11.8. The van der Waals surface area contributed by atoms with Gasteiger partial charge in [0.1, 0.15) is 0 Å². The monoisotopic (exact) mass is 407 g/mol. The van der Waals surface area contributed by atoms with Gasteiger partial charge in [-0.3, -0.25) is 0 Å². The van der Waals surface area contributed by atoms with Gasteiger partial charge in [-0.15, -0.1) is 0 Å². The van der Waals surface area contributed by atoms with E-state index in [2.05, 4.69) is 16.0 Å². The van der Waals surface area contributed by atoms with Crippen molar-refractivity contribution in [2.75, 3.05) is 30.4 Å². The molecule has 1 heterocycles. The van der Waals surface area contributed by atoms with Crippen LogP contribution >= 0.6 is 0 Å². The molecule has 1 saturated heterocycles. The van der Waals surface area contributed by atoms with Crippen molar-refractivity contribution in [1.82, 2.24) is 5.32 Å². The Bertz CT molecular complexity index is 786. The summed E-state index contributed by atoms with van der Waals surface area (Å²) >= 11 is 0. The largest absolute Gasteiger partial charge is 0.416 e. The van der Waals surface area contributed by atoms with Gasteiger partial charge in [0, 0.05) is 24.0 Å². The van der Waals surface area contributed by atoms with Crippen LogP contribution < -0.4 is 16.0 Å². The third kappa shape index (κ3) is 6.76. The summed E-state index contributed by atoms with van der Waals surface area (Å²) in [6.45, 7) is 2.55. The van der Waals surface area contributed by atoms with Crippen molar-refractivity contribution in [1.29, 1.82) is 0 Å². The number of carbonyl (C=O) groups is 1. The van der Waals surface area contributed by atoms with E-state index in [9.17, 15) is 18.0 Å². The van der Waals surface area contributed by atoms with Gasteiger partial charge in [0.15, 0.2) is 0 Å². The molecule has 1 aliphatic rings. The molecule has 1 atom stereocenters. The lowest BCUT2D eigenvalue weighted by molar-refractivity contribution is -0.137. The quantitative estimate of drug-likeness (QED) is 0.585. The van der Waals surface area contributed by atoms with E-state index in [-0.39, 0.29) is 5.69 Å². The van der Waals surface area contributed by atoms with Crippen LogP contribution in [-0.4, -0.2) is 31.8 Å². The van der Waals surface area contributed by atoms with Gasteiger partial charge in [-0.2, -0.15) is 13.2 Å². The molecule has 1 aliphatic heterocycles. The van der Waals surface area contributed by atoms with Crippen molar-refractivity contribution in [2.45, 2.75) is 31.5 Å². The molecular formula is C21H24F3N3O2. The lowest BCUT2D eigenvalue weighted by Crippen LogP contribution is -2.30. The fourth-order valence-electron chi connectivity index (χ4n) is 3.08. The number of carbonyl (C=O) groups excluding carboxylic acids is 1. The first-order chi connectivity index (χ1) is 13.9. The summed E-state index contributed by atoms with van der Waals surface area (Å²) in [5.41, 5.74) is 1.31. The van der Waals surface area contributed by atoms with Gasteiger partial charge in [0.2, 0.25) is 0 Å². The predicted molar refractivity (Wildman–Crippen MR) is 106 cm³/mol. The number of nitrogens with one attached hydrogen (secondary N) is 3. The molecule has 1 fully saturated rings. The summed E-state index contributed by atoms with van der Waals surface area (Å²) in [5.74, 6) is 0. The highest BCUT2D eigenvalue weighted by molar-refractivity contribution is 5.99. The number of aryl methyl sites for hydroxylation is 1. The molecule has 2 aromatic rings. The molecule has 0 radical (unpaired) electrons. The molecule has 2 aromatic carbocycles. The standard InChI is InChI=1S/C21H24F3N3O2/c22-21(23,24)16-5-9-18(10-6-16)27-20(28)26-17-7-3-15(4-8-17)2-1-12-25-19-11-13-29-14-19/h3-10,19,25H,1-2,11-14H2,(H2,26,27,28)/t19-/m1/s1. The van der Waals surface area contributed by atoms with E-state index in [1.807, 2.05) is 12.1 Å². The molecule has 3 N–H and O–H groups in total. The zero-order valence-electron chi connectivity index (χ0n) is 15.9. The Morgan fingerprint density at radius 2 is 1.62 bits per heavy atom. The summed E-state index contributed by atoms with van der Waals surface area (Å²) < 4.78 is 43.0. The lowest BCUT2D eigenvalue weighted by Gasteiger charge is -2.11. The summed E-state index contributed by atoms with van der Waals surface area (Å²) in [7, 11) is 0. The third-order valence-electron chi connectivity index (χ3n) is 4.69. The van der Waals surface area contributed by atoms with Gasteiger partial charge in [0.05, 0.1) is 12.2 Å². The van der Waals surface area contributed by atoms with E-state index in [1.54, 1.807) is 12.1 Å². The number of rotatable bonds is 7. The predicted octanol–water partition coefficient (Wildman–Crippen LogP) is 4.66. The van der Waals surface area contributed by atoms with E-state index < -0.39 is 17.8 Å². The Hall–Kier alpha value is -2.58. The second kappa shape index (κ2) is 9.76. The molecule has 2 amide bonds. The molecule has 0 aliphatic carbocycles. The minimum Gasteiger partial charge on any atom is -0.380 e. The fraction of sp³-hybridized carbons (Fsp3) is 0.381. The highest BCUT2D eigenvalue weighted by Gasteiger charge is 2.29. The fourth-order valence-corrected chi connectivity index (χ4v) is 3.08. The second-order valence-corrected chi connectivity index (χ2v) is 6.97. The first kappa shape index (κ1) is 21.1. The van der Waals surface area contributed by atoms with E-state index in [1.165, 1.54) is 17.7 Å². The maximum absolute atomic E-state index is 12.6. The van der Waals surface area contributed by atoms with Crippen LogP contribution in [0.2, 0.25) is 0 Å². The number of anilines is 2. The first-order valence-electron chi connectivity index (χ1n) is 9.55. The highest BCUT2D eigenvalue weighted by Crippen LogP contribution is 2.29. The first-order valence-corrected chi connectivity index (χ1v) is 9.55. The van der Waals surface area contributed by atoms with E-state index in [0.29, 0.717) is 11.7 Å². The van der Waals surface area contributed by atoms with Gasteiger partial charge in [-0.1, -0.05) is 12.1 Å². The normalized spacial score (nSPS) is 16.6. The van der Waals surface area contributed by atoms with Crippen molar-refractivity contribution in [3.05, 3.63) is 59.7 Å². The number of benzene rings is 2. The molecule has 0 aromatic heterocycles. The molecule has 3 rings (SSSR count). The van der Waals surface area contributed by atoms with Gasteiger partial charge in [-0.05, 0) is 67.8 Å². The SMILES string of the molecule is O=C(Nc1ccc(CCCN[C@@H]2CCOC2)cc1)Nc1ccc(C(F)(F)F)cc1. The van der Waals surface area contributed by atoms with Gasteiger partial charge in [0.25, 0.3) is 0 Å². The second-order valence-electron chi connectivity index (χ2n) is 6.97. The lowest BCUT2D eigenvalue weighted by atomic mass is 10.1. The minimum atomic E-state index is -4.40. The molecule has 5 nitrogen and oxygen atoms in total. The van der Waals surface area contributed by atoms with Crippen molar-refractivity contribution in [3.63, 3.8) is 0 Å². The average Bonchev–Trinajstić information content (AvgIpc) is 3.20. The van der Waals surface area contributed by atoms with Gasteiger partial charge < -0.3 is 20.7 Å². The Kier molecular flexibility index (Phi) is 7.11. The summed E-state index contributed by atoms with van der Waals surface area (Å²) in [5, 5.41) is 8.66. The Morgan fingerprint density at radius 3 is 2.17 bits per heavy atom. The maximum atomic E-state index is 12.6. The number of ether oxygens (including phenoxy) is 1. The van der Waals surface area contributed by atoms with E-state index in [4.69, 9.17) is 4.74 Å². The van der Waals surface area contributed by atoms with Crippen LogP contribution in [0.4, 0.5) is 29.3 Å². The number of alkyl halides is 3. The van der Waals surface area contributed by atoms with Gasteiger partial charge >= 0.3 is 12.2 Å². The molecule has 0 spiro atoms. The van der Waals surface area contributed by atoms with E-state index in [0.717, 1.165) is 51.2 Å². The van der Waals surface area contributed by atoms with Crippen LogP contribution in [0.25, 0.3) is 0 Å². The van der Waals surface area contributed by atoms with Crippen LogP contribution in [-0.2, 0) is 17.3 Å².